The van der Waals surface area contributed by atoms with Gasteiger partial charge in [0, 0.05) is 42.5 Å². The Balaban J connectivity index is 1.90. The highest BCUT2D eigenvalue weighted by Gasteiger charge is 2.31. The molecule has 1 aliphatic heterocycles. The third-order valence-corrected chi connectivity index (χ3v) is 5.24. The van der Waals surface area contributed by atoms with E-state index >= 15 is 0 Å². The van der Waals surface area contributed by atoms with E-state index in [1.807, 2.05) is 0 Å². The maximum absolute atomic E-state index is 11.6. The Bertz CT molecular complexity index is 244. The van der Waals surface area contributed by atoms with Gasteiger partial charge in [-0.15, -0.1) is 0 Å². The molecule has 86 valence electrons. The maximum atomic E-state index is 11.6. The zero-order valence-corrected chi connectivity index (χ0v) is 10.6. The molecule has 1 aliphatic carbocycles. The third-order valence-electron chi connectivity index (χ3n) is 3.90. The van der Waals surface area contributed by atoms with Crippen LogP contribution >= 0.6 is 11.8 Å². The zero-order valence-electron chi connectivity index (χ0n) is 9.74. The van der Waals surface area contributed by atoms with E-state index in [0.29, 0.717) is 17.7 Å². The van der Waals surface area contributed by atoms with Crippen LogP contribution in [0.5, 0.6) is 0 Å². The lowest BCUT2D eigenvalue weighted by atomic mass is 10.0. The van der Waals surface area contributed by atoms with E-state index in [-0.39, 0.29) is 0 Å². The SMILES string of the molecule is CC1SCCN(CC2CCCC2=O)C1C. The van der Waals surface area contributed by atoms with Crippen molar-refractivity contribution < 1.29 is 4.79 Å². The number of carbonyl (C=O) groups excluding carboxylic acids is 1. The molecule has 2 fully saturated rings. The van der Waals surface area contributed by atoms with Crippen molar-refractivity contribution in [1.82, 2.24) is 4.90 Å². The molecule has 0 amide bonds. The molecule has 2 aliphatic rings. The van der Waals surface area contributed by atoms with Crippen molar-refractivity contribution in [2.75, 3.05) is 18.8 Å². The fraction of sp³-hybridized carbons (Fsp3) is 0.917. The highest BCUT2D eigenvalue weighted by atomic mass is 32.2. The summed E-state index contributed by atoms with van der Waals surface area (Å²) in [6.45, 7) is 6.79. The van der Waals surface area contributed by atoms with E-state index < -0.39 is 0 Å². The molecule has 0 aromatic rings. The van der Waals surface area contributed by atoms with Gasteiger partial charge in [0.1, 0.15) is 5.78 Å². The minimum atomic E-state index is 0.350. The van der Waals surface area contributed by atoms with Gasteiger partial charge < -0.3 is 0 Å². The molecule has 0 aromatic heterocycles. The average Bonchev–Trinajstić information content (AvgIpc) is 2.60. The molecule has 1 heterocycles. The summed E-state index contributed by atoms with van der Waals surface area (Å²) in [5, 5.41) is 0.718. The van der Waals surface area contributed by atoms with Gasteiger partial charge in [-0.1, -0.05) is 6.92 Å². The summed E-state index contributed by atoms with van der Waals surface area (Å²) in [6, 6.07) is 0.636. The quantitative estimate of drug-likeness (QED) is 0.721. The Kier molecular flexibility index (Phi) is 3.73. The van der Waals surface area contributed by atoms with Crippen molar-refractivity contribution in [3.05, 3.63) is 0 Å². The van der Waals surface area contributed by atoms with Crippen LogP contribution in [0.3, 0.4) is 0 Å². The van der Waals surface area contributed by atoms with Gasteiger partial charge >= 0.3 is 0 Å². The van der Waals surface area contributed by atoms with E-state index in [9.17, 15) is 4.79 Å². The van der Waals surface area contributed by atoms with Gasteiger partial charge in [0.2, 0.25) is 0 Å². The standard InChI is InChI=1S/C12H21NOS/c1-9-10(2)15-7-6-13(9)8-11-4-3-5-12(11)14/h9-11H,3-8H2,1-2H3. The van der Waals surface area contributed by atoms with Crippen LogP contribution in [0.2, 0.25) is 0 Å². The smallest absolute Gasteiger partial charge is 0.137 e. The summed E-state index contributed by atoms with van der Waals surface area (Å²) in [4.78, 5) is 14.1. The number of ketones is 1. The molecule has 0 N–H and O–H groups in total. The van der Waals surface area contributed by atoms with Crippen LogP contribution in [0.4, 0.5) is 0 Å². The summed E-state index contributed by atoms with van der Waals surface area (Å²) in [7, 11) is 0. The van der Waals surface area contributed by atoms with Crippen molar-refractivity contribution >= 4 is 17.5 Å². The molecule has 1 saturated heterocycles. The van der Waals surface area contributed by atoms with Crippen LogP contribution in [0, 0.1) is 5.92 Å². The number of rotatable bonds is 2. The minimum absolute atomic E-state index is 0.350. The molecule has 0 bridgehead atoms. The van der Waals surface area contributed by atoms with Crippen LogP contribution in [0.25, 0.3) is 0 Å². The number of thioether (sulfide) groups is 1. The van der Waals surface area contributed by atoms with Crippen molar-refractivity contribution in [3.8, 4) is 0 Å². The topological polar surface area (TPSA) is 20.3 Å². The molecule has 3 unspecified atom stereocenters. The fourth-order valence-corrected chi connectivity index (χ4v) is 3.78. The summed E-state index contributed by atoms with van der Waals surface area (Å²) in [5.41, 5.74) is 0. The van der Waals surface area contributed by atoms with Crippen LogP contribution in [0.15, 0.2) is 0 Å². The van der Waals surface area contributed by atoms with Crippen LogP contribution in [-0.2, 0) is 4.79 Å². The van der Waals surface area contributed by atoms with E-state index in [1.54, 1.807) is 0 Å². The number of hydrogen-bond acceptors (Lipinski definition) is 3. The largest absolute Gasteiger partial charge is 0.299 e. The van der Waals surface area contributed by atoms with Crippen molar-refractivity contribution in [1.29, 1.82) is 0 Å². The molecule has 0 spiro atoms. The highest BCUT2D eigenvalue weighted by molar-refractivity contribution is 8.00. The van der Waals surface area contributed by atoms with E-state index in [1.165, 1.54) is 12.3 Å². The molecular weight excluding hydrogens is 206 g/mol. The maximum Gasteiger partial charge on any atom is 0.137 e. The number of hydrogen-bond donors (Lipinski definition) is 0. The van der Waals surface area contributed by atoms with Crippen molar-refractivity contribution in [2.24, 2.45) is 5.92 Å². The Morgan fingerprint density at radius 2 is 2.27 bits per heavy atom. The Morgan fingerprint density at radius 1 is 1.47 bits per heavy atom. The number of Topliss-reactive ketones (excluding diaryl/α,β-unsaturated/α-hetero) is 1. The summed E-state index contributed by atoms with van der Waals surface area (Å²) >= 11 is 2.06. The first kappa shape index (κ1) is 11.5. The normalized spacial score (nSPS) is 38.5. The van der Waals surface area contributed by atoms with Crippen molar-refractivity contribution in [3.63, 3.8) is 0 Å². The van der Waals surface area contributed by atoms with E-state index in [0.717, 1.165) is 31.1 Å². The molecule has 2 nitrogen and oxygen atoms in total. The Labute approximate surface area is 96.8 Å². The van der Waals surface area contributed by atoms with Gasteiger partial charge in [0.25, 0.3) is 0 Å². The van der Waals surface area contributed by atoms with Gasteiger partial charge in [-0.05, 0) is 19.8 Å². The average molecular weight is 227 g/mol. The Morgan fingerprint density at radius 3 is 2.93 bits per heavy atom. The monoisotopic (exact) mass is 227 g/mol. The summed E-state index contributed by atoms with van der Waals surface area (Å²) < 4.78 is 0. The summed E-state index contributed by atoms with van der Waals surface area (Å²) in [6.07, 6.45) is 3.08. The molecule has 0 radical (unpaired) electrons. The molecule has 0 aromatic carbocycles. The number of carbonyl (C=O) groups is 1. The first-order valence-corrected chi connectivity index (χ1v) is 7.11. The highest BCUT2D eigenvalue weighted by Crippen LogP contribution is 2.28. The van der Waals surface area contributed by atoms with Crippen LogP contribution in [0.1, 0.15) is 33.1 Å². The second-order valence-electron chi connectivity index (χ2n) is 4.87. The molecular formula is C12H21NOS. The van der Waals surface area contributed by atoms with Gasteiger partial charge in [0.15, 0.2) is 0 Å². The number of nitrogens with zero attached hydrogens (tertiary/aromatic N) is 1. The third kappa shape index (κ3) is 2.56. The van der Waals surface area contributed by atoms with Gasteiger partial charge in [0.05, 0.1) is 0 Å². The van der Waals surface area contributed by atoms with Crippen LogP contribution in [-0.4, -0.2) is 40.8 Å². The van der Waals surface area contributed by atoms with E-state index in [4.69, 9.17) is 0 Å². The predicted molar refractivity (Wildman–Crippen MR) is 65.3 cm³/mol. The van der Waals surface area contributed by atoms with Crippen molar-refractivity contribution in [2.45, 2.75) is 44.4 Å². The molecule has 1 saturated carbocycles. The molecule has 3 heteroatoms. The van der Waals surface area contributed by atoms with E-state index in [2.05, 4.69) is 30.5 Å². The lowest BCUT2D eigenvalue weighted by Gasteiger charge is -2.38. The predicted octanol–water partition coefficient (Wildman–Crippen LogP) is 2.18. The van der Waals surface area contributed by atoms with Gasteiger partial charge in [-0.25, -0.2) is 0 Å². The molecule has 15 heavy (non-hydrogen) atoms. The second-order valence-corrected chi connectivity index (χ2v) is 6.35. The van der Waals surface area contributed by atoms with Gasteiger partial charge in [-0.2, -0.15) is 11.8 Å². The zero-order chi connectivity index (χ0) is 10.8. The first-order valence-electron chi connectivity index (χ1n) is 6.07. The van der Waals surface area contributed by atoms with Crippen LogP contribution < -0.4 is 0 Å². The first-order chi connectivity index (χ1) is 7.18. The summed E-state index contributed by atoms with van der Waals surface area (Å²) in [5.74, 6) is 2.09. The molecule has 2 rings (SSSR count). The Hall–Kier alpha value is -0.0200. The molecule has 3 atom stereocenters. The lowest BCUT2D eigenvalue weighted by molar-refractivity contribution is -0.121. The minimum Gasteiger partial charge on any atom is -0.299 e. The lowest BCUT2D eigenvalue weighted by Crippen LogP contribution is -2.47. The second kappa shape index (κ2) is 4.88. The van der Waals surface area contributed by atoms with Gasteiger partial charge in [-0.3, -0.25) is 9.69 Å². The fourth-order valence-electron chi connectivity index (χ4n) is 2.62.